The van der Waals surface area contributed by atoms with Gasteiger partial charge in [0, 0.05) is 13.2 Å². The monoisotopic (exact) mass is 267 g/mol. The molecule has 0 saturated carbocycles. The van der Waals surface area contributed by atoms with Crippen molar-refractivity contribution < 1.29 is 4.65 Å². The lowest BCUT2D eigenvalue weighted by atomic mass is 9.55. The van der Waals surface area contributed by atoms with E-state index in [2.05, 4.69) is 74.4 Å². The van der Waals surface area contributed by atoms with E-state index < -0.39 is 0 Å². The van der Waals surface area contributed by atoms with Crippen molar-refractivity contribution in [2.24, 2.45) is 0 Å². The van der Waals surface area contributed by atoms with Crippen molar-refractivity contribution in [2.75, 3.05) is 27.2 Å². The Kier molecular flexibility index (Phi) is 5.39. The van der Waals surface area contributed by atoms with Gasteiger partial charge in [0.15, 0.2) is 0 Å². The molecule has 0 aliphatic heterocycles. The summed E-state index contributed by atoms with van der Waals surface area (Å²) < 4.78 is 6.12. The van der Waals surface area contributed by atoms with Gasteiger partial charge in [-0.05, 0) is 31.9 Å². The first-order valence-electron chi connectivity index (χ1n) is 7.04. The molecule has 104 valence electrons. The van der Waals surface area contributed by atoms with Crippen molar-refractivity contribution in [3.63, 3.8) is 0 Å². The molecule has 0 N–H and O–H groups in total. The molecule has 2 nitrogen and oxygen atoms in total. The Morgan fingerprint density at radius 1 is 0.900 bits per heavy atom. The molecule has 0 radical (unpaired) electrons. The molecule has 2 aromatic carbocycles. The van der Waals surface area contributed by atoms with E-state index in [0.717, 1.165) is 13.2 Å². The summed E-state index contributed by atoms with van der Waals surface area (Å²) in [4.78, 5) is 2.14. The largest absolute Gasteiger partial charge is 0.426 e. The van der Waals surface area contributed by atoms with Crippen LogP contribution in [0.1, 0.15) is 5.56 Å². The lowest BCUT2D eigenvalue weighted by molar-refractivity contribution is 0.269. The molecule has 0 amide bonds. The van der Waals surface area contributed by atoms with Crippen molar-refractivity contribution >= 4 is 17.8 Å². The van der Waals surface area contributed by atoms with Crippen LogP contribution in [0.2, 0.25) is 0 Å². The molecule has 0 aliphatic carbocycles. The average Bonchev–Trinajstić information content (AvgIpc) is 2.46. The summed E-state index contributed by atoms with van der Waals surface area (Å²) in [5.41, 5.74) is 3.68. The molecular weight excluding hydrogens is 245 g/mol. The molecule has 0 unspecified atom stereocenters. The number of aryl methyl sites for hydroxylation is 1. The topological polar surface area (TPSA) is 12.5 Å². The van der Waals surface area contributed by atoms with Crippen LogP contribution in [0.4, 0.5) is 0 Å². The lowest BCUT2D eigenvalue weighted by Gasteiger charge is -2.17. The van der Waals surface area contributed by atoms with E-state index in [1.165, 1.54) is 16.5 Å². The maximum atomic E-state index is 6.12. The highest BCUT2D eigenvalue weighted by atomic mass is 16.4. The molecule has 0 bridgehead atoms. The van der Waals surface area contributed by atoms with Gasteiger partial charge in [-0.15, -0.1) is 0 Å². The van der Waals surface area contributed by atoms with Gasteiger partial charge in [0.25, 0.3) is 0 Å². The maximum absolute atomic E-state index is 6.12. The zero-order valence-corrected chi connectivity index (χ0v) is 12.5. The number of likely N-dealkylation sites (N-methyl/N-ethyl adjacent to an activating group) is 1. The van der Waals surface area contributed by atoms with E-state index in [9.17, 15) is 0 Å². The van der Waals surface area contributed by atoms with Crippen molar-refractivity contribution in [2.45, 2.75) is 6.92 Å². The van der Waals surface area contributed by atoms with Crippen molar-refractivity contribution in [3.05, 3.63) is 60.2 Å². The van der Waals surface area contributed by atoms with Gasteiger partial charge in [-0.25, -0.2) is 0 Å². The average molecular weight is 267 g/mol. The SMILES string of the molecule is Cc1ccc(B(OCCN(C)C)c2ccccc2)cc1. The molecule has 0 spiro atoms. The van der Waals surface area contributed by atoms with E-state index in [1.54, 1.807) is 0 Å². The zero-order chi connectivity index (χ0) is 14.4. The predicted octanol–water partition coefficient (Wildman–Crippen LogP) is 1.68. The van der Waals surface area contributed by atoms with Crippen LogP contribution in [-0.2, 0) is 4.65 Å². The van der Waals surface area contributed by atoms with Crippen LogP contribution in [0.15, 0.2) is 54.6 Å². The second-order valence-corrected chi connectivity index (χ2v) is 5.38. The third kappa shape index (κ3) is 4.22. The first-order valence-corrected chi connectivity index (χ1v) is 7.04. The Balaban J connectivity index is 2.18. The van der Waals surface area contributed by atoms with Crippen molar-refractivity contribution in [1.82, 2.24) is 4.90 Å². The summed E-state index contributed by atoms with van der Waals surface area (Å²) >= 11 is 0. The molecule has 0 aromatic heterocycles. The molecule has 0 aliphatic rings. The molecule has 0 fully saturated rings. The van der Waals surface area contributed by atoms with E-state index in [0.29, 0.717) is 0 Å². The van der Waals surface area contributed by atoms with Crippen LogP contribution >= 0.6 is 0 Å². The number of nitrogens with zero attached hydrogens (tertiary/aromatic N) is 1. The standard InChI is InChI=1S/C17H22BNO/c1-15-9-11-17(12-10-15)18(20-14-13-19(2)3)16-7-5-4-6-8-16/h4-12H,13-14H2,1-3H3. The van der Waals surface area contributed by atoms with Crippen LogP contribution in [0.5, 0.6) is 0 Å². The second kappa shape index (κ2) is 7.27. The highest BCUT2D eigenvalue weighted by Gasteiger charge is 2.20. The molecule has 0 heterocycles. The van der Waals surface area contributed by atoms with Crippen LogP contribution < -0.4 is 10.9 Å². The normalized spacial score (nSPS) is 10.8. The summed E-state index contributed by atoms with van der Waals surface area (Å²) in [5, 5.41) is 0. The quantitative estimate of drug-likeness (QED) is 0.738. The van der Waals surface area contributed by atoms with Gasteiger partial charge < -0.3 is 9.55 Å². The molecule has 20 heavy (non-hydrogen) atoms. The first kappa shape index (κ1) is 14.8. The van der Waals surface area contributed by atoms with Crippen LogP contribution in [0, 0.1) is 6.92 Å². The Morgan fingerprint density at radius 2 is 1.50 bits per heavy atom. The Labute approximate surface area is 122 Å². The van der Waals surface area contributed by atoms with Crippen LogP contribution in [0.25, 0.3) is 0 Å². The Bertz CT molecular complexity index is 510. The third-order valence-electron chi connectivity index (χ3n) is 3.31. The highest BCUT2D eigenvalue weighted by molar-refractivity contribution is 6.80. The number of benzene rings is 2. The fourth-order valence-corrected chi connectivity index (χ4v) is 2.11. The minimum atomic E-state index is 0.0109. The predicted molar refractivity (Wildman–Crippen MR) is 87.1 cm³/mol. The fraction of sp³-hybridized carbons (Fsp3) is 0.294. The number of hydrogen-bond acceptors (Lipinski definition) is 2. The second-order valence-electron chi connectivity index (χ2n) is 5.38. The van der Waals surface area contributed by atoms with Gasteiger partial charge in [0.2, 0.25) is 0 Å². The first-order chi connectivity index (χ1) is 9.66. The van der Waals surface area contributed by atoms with Crippen molar-refractivity contribution in [3.8, 4) is 0 Å². The molecule has 2 aromatic rings. The van der Waals surface area contributed by atoms with E-state index >= 15 is 0 Å². The van der Waals surface area contributed by atoms with Crippen molar-refractivity contribution in [1.29, 1.82) is 0 Å². The summed E-state index contributed by atoms with van der Waals surface area (Å²) in [7, 11) is 4.12. The minimum absolute atomic E-state index is 0.0109. The molecule has 0 saturated heterocycles. The van der Waals surface area contributed by atoms with Crippen LogP contribution in [0.3, 0.4) is 0 Å². The smallest absolute Gasteiger partial charge is 0.361 e. The minimum Gasteiger partial charge on any atom is -0.426 e. The fourth-order valence-electron chi connectivity index (χ4n) is 2.11. The number of rotatable bonds is 6. The maximum Gasteiger partial charge on any atom is 0.361 e. The summed E-state index contributed by atoms with van der Waals surface area (Å²) in [6.45, 7) is 3.76. The zero-order valence-electron chi connectivity index (χ0n) is 12.5. The molecular formula is C17H22BNO. The summed E-state index contributed by atoms with van der Waals surface area (Å²) in [6, 6.07) is 19.0. The third-order valence-corrected chi connectivity index (χ3v) is 3.31. The highest BCUT2D eigenvalue weighted by Crippen LogP contribution is 1.98. The summed E-state index contributed by atoms with van der Waals surface area (Å²) in [6.07, 6.45) is 0. The molecule has 3 heteroatoms. The van der Waals surface area contributed by atoms with Gasteiger partial charge >= 0.3 is 6.92 Å². The Hall–Kier alpha value is -1.58. The van der Waals surface area contributed by atoms with E-state index in [1.807, 2.05) is 6.07 Å². The van der Waals surface area contributed by atoms with Gasteiger partial charge in [-0.3, -0.25) is 0 Å². The van der Waals surface area contributed by atoms with Gasteiger partial charge in [0.1, 0.15) is 0 Å². The Morgan fingerprint density at radius 3 is 2.10 bits per heavy atom. The molecule has 2 rings (SSSR count). The van der Waals surface area contributed by atoms with Gasteiger partial charge in [-0.1, -0.05) is 60.2 Å². The lowest BCUT2D eigenvalue weighted by Crippen LogP contribution is -2.46. The molecule has 0 atom stereocenters. The van der Waals surface area contributed by atoms with E-state index in [-0.39, 0.29) is 6.92 Å². The van der Waals surface area contributed by atoms with Gasteiger partial charge in [-0.2, -0.15) is 0 Å². The van der Waals surface area contributed by atoms with Gasteiger partial charge in [0.05, 0.1) is 0 Å². The number of hydrogen-bond donors (Lipinski definition) is 0. The summed E-state index contributed by atoms with van der Waals surface area (Å²) in [5.74, 6) is 0. The van der Waals surface area contributed by atoms with E-state index in [4.69, 9.17) is 4.65 Å². The van der Waals surface area contributed by atoms with Crippen LogP contribution in [-0.4, -0.2) is 39.1 Å².